The molecule has 20 heavy (non-hydrogen) atoms. The van der Waals surface area contributed by atoms with Gasteiger partial charge in [0.15, 0.2) is 15.1 Å². The Morgan fingerprint density at radius 2 is 2.20 bits per heavy atom. The monoisotopic (exact) mass is 347 g/mol. The fourth-order valence-corrected chi connectivity index (χ4v) is 5.17. The summed E-state index contributed by atoms with van der Waals surface area (Å²) in [5, 5.41) is 3.68. The summed E-state index contributed by atoms with van der Waals surface area (Å²) in [5.74, 6) is 0. The van der Waals surface area contributed by atoms with Gasteiger partial charge in [0.2, 0.25) is 0 Å². The molecule has 0 aromatic carbocycles. The zero-order chi connectivity index (χ0) is 14.3. The molecule has 0 spiro atoms. The van der Waals surface area contributed by atoms with Crippen LogP contribution in [0.3, 0.4) is 0 Å². The van der Waals surface area contributed by atoms with Crippen molar-refractivity contribution in [2.45, 2.75) is 18.5 Å². The molecule has 0 bridgehead atoms. The van der Waals surface area contributed by atoms with E-state index in [9.17, 15) is 8.42 Å². The summed E-state index contributed by atoms with van der Waals surface area (Å²) < 4.78 is 28.8. The minimum atomic E-state index is -3.71. The topological polar surface area (TPSA) is 63.5 Å². The summed E-state index contributed by atoms with van der Waals surface area (Å²) >= 11 is 8.79. The van der Waals surface area contributed by atoms with Gasteiger partial charge in [0, 0.05) is 23.0 Å². The van der Waals surface area contributed by atoms with Crippen LogP contribution < -0.4 is 4.72 Å². The average molecular weight is 348 g/mol. The van der Waals surface area contributed by atoms with Gasteiger partial charge < -0.3 is 0 Å². The lowest BCUT2D eigenvalue weighted by molar-refractivity contribution is 0.577. The van der Waals surface area contributed by atoms with Gasteiger partial charge in [-0.05, 0) is 23.9 Å². The molecular formula is C11H10ClN3O2S3. The van der Waals surface area contributed by atoms with Crippen molar-refractivity contribution in [3.05, 3.63) is 38.6 Å². The predicted octanol–water partition coefficient (Wildman–Crippen LogP) is 2.90. The van der Waals surface area contributed by atoms with E-state index in [4.69, 9.17) is 11.6 Å². The second-order valence-corrected chi connectivity index (χ2v) is 8.03. The molecule has 0 unspecified atom stereocenters. The van der Waals surface area contributed by atoms with Crippen LogP contribution in [0.5, 0.6) is 0 Å². The Morgan fingerprint density at radius 3 is 2.90 bits per heavy atom. The van der Waals surface area contributed by atoms with Gasteiger partial charge in [-0.2, -0.15) is 0 Å². The first-order valence-corrected chi connectivity index (χ1v) is 9.25. The zero-order valence-corrected chi connectivity index (χ0v) is 13.5. The maximum absolute atomic E-state index is 12.4. The molecule has 3 rings (SSSR count). The summed E-state index contributed by atoms with van der Waals surface area (Å²) in [6.07, 6.45) is 1.64. The Hall–Kier alpha value is -0.930. The number of aryl methyl sites for hydroxylation is 1. The number of imidazole rings is 1. The molecule has 0 radical (unpaired) electrons. The number of aromatic nitrogens is 2. The Bertz CT molecular complexity index is 863. The van der Waals surface area contributed by atoms with Crippen molar-refractivity contribution >= 4 is 49.3 Å². The summed E-state index contributed by atoms with van der Waals surface area (Å²) in [6.45, 7) is 2.20. The highest BCUT2D eigenvalue weighted by atomic mass is 35.5. The molecule has 0 atom stereocenters. The molecule has 0 saturated heterocycles. The lowest BCUT2D eigenvalue weighted by Crippen LogP contribution is -2.24. The highest BCUT2D eigenvalue weighted by Gasteiger charge is 2.24. The van der Waals surface area contributed by atoms with Crippen molar-refractivity contribution in [2.24, 2.45) is 0 Å². The molecule has 0 saturated carbocycles. The van der Waals surface area contributed by atoms with Gasteiger partial charge in [-0.25, -0.2) is 18.1 Å². The zero-order valence-electron chi connectivity index (χ0n) is 10.3. The standard InChI is InChI=1S/C11H10ClN3O2S3/c1-7-2-4-18-8(7)6-13-20(16,17)10-9(12)14-11-15(10)3-5-19-11/h2-5,13H,6H2,1H3. The van der Waals surface area contributed by atoms with E-state index in [1.807, 2.05) is 18.4 Å². The Balaban J connectivity index is 1.94. The number of thiazole rings is 1. The van der Waals surface area contributed by atoms with Crippen molar-refractivity contribution in [2.75, 3.05) is 0 Å². The van der Waals surface area contributed by atoms with Crippen molar-refractivity contribution < 1.29 is 8.42 Å². The first kappa shape index (κ1) is 14.0. The van der Waals surface area contributed by atoms with Crippen LogP contribution in [0.1, 0.15) is 10.4 Å². The Labute approximate surface area is 128 Å². The predicted molar refractivity (Wildman–Crippen MR) is 81.2 cm³/mol. The first-order valence-electron chi connectivity index (χ1n) is 5.63. The third kappa shape index (κ3) is 2.38. The van der Waals surface area contributed by atoms with E-state index in [1.54, 1.807) is 11.6 Å². The van der Waals surface area contributed by atoms with Crippen LogP contribution in [-0.2, 0) is 16.6 Å². The summed E-state index contributed by atoms with van der Waals surface area (Å²) in [4.78, 5) is 5.57. The minimum Gasteiger partial charge on any atom is -0.279 e. The highest BCUT2D eigenvalue weighted by molar-refractivity contribution is 7.89. The van der Waals surface area contributed by atoms with E-state index in [2.05, 4.69) is 9.71 Å². The molecule has 0 fully saturated rings. The second kappa shape index (κ2) is 5.12. The van der Waals surface area contributed by atoms with Crippen LogP contribution in [0, 0.1) is 6.92 Å². The third-order valence-corrected chi connectivity index (χ3v) is 6.40. The van der Waals surface area contributed by atoms with Gasteiger partial charge in [0.25, 0.3) is 10.0 Å². The van der Waals surface area contributed by atoms with Crippen LogP contribution in [-0.4, -0.2) is 17.8 Å². The summed E-state index contributed by atoms with van der Waals surface area (Å²) in [5.41, 5.74) is 1.07. The number of nitrogens with one attached hydrogen (secondary N) is 1. The normalized spacial score (nSPS) is 12.3. The summed E-state index contributed by atoms with van der Waals surface area (Å²) in [6, 6.07) is 1.96. The smallest absolute Gasteiger partial charge is 0.260 e. The van der Waals surface area contributed by atoms with Crippen LogP contribution in [0.25, 0.3) is 4.96 Å². The van der Waals surface area contributed by atoms with Gasteiger partial charge in [0.1, 0.15) is 0 Å². The molecule has 1 N–H and O–H groups in total. The first-order chi connectivity index (χ1) is 9.49. The molecule has 9 heteroatoms. The number of hydrogen-bond donors (Lipinski definition) is 1. The number of nitrogens with zero attached hydrogens (tertiary/aromatic N) is 2. The van der Waals surface area contributed by atoms with Crippen molar-refractivity contribution in [3.63, 3.8) is 0 Å². The SMILES string of the molecule is Cc1ccsc1CNS(=O)(=O)c1c(Cl)nc2sccn12. The fraction of sp³-hybridized carbons (Fsp3) is 0.182. The highest BCUT2D eigenvalue weighted by Crippen LogP contribution is 2.25. The van der Waals surface area contributed by atoms with E-state index < -0.39 is 10.0 Å². The molecule has 3 heterocycles. The molecule has 3 aromatic heterocycles. The molecule has 0 aliphatic carbocycles. The molecule has 3 aromatic rings. The lowest BCUT2D eigenvalue weighted by atomic mass is 10.3. The number of sulfonamides is 1. The molecule has 0 amide bonds. The van der Waals surface area contributed by atoms with Crippen LogP contribution in [0.4, 0.5) is 0 Å². The van der Waals surface area contributed by atoms with Crippen molar-refractivity contribution in [1.29, 1.82) is 0 Å². The van der Waals surface area contributed by atoms with Gasteiger partial charge in [-0.3, -0.25) is 4.40 Å². The van der Waals surface area contributed by atoms with Gasteiger partial charge in [-0.1, -0.05) is 11.6 Å². The van der Waals surface area contributed by atoms with Gasteiger partial charge >= 0.3 is 0 Å². The largest absolute Gasteiger partial charge is 0.279 e. The third-order valence-electron chi connectivity index (χ3n) is 2.82. The van der Waals surface area contributed by atoms with Crippen LogP contribution >= 0.6 is 34.3 Å². The molecule has 5 nitrogen and oxygen atoms in total. The molecular weight excluding hydrogens is 338 g/mol. The quantitative estimate of drug-likeness (QED) is 0.789. The molecule has 0 aliphatic rings. The van der Waals surface area contributed by atoms with E-state index in [0.717, 1.165) is 10.4 Å². The maximum atomic E-state index is 12.4. The van der Waals surface area contributed by atoms with E-state index >= 15 is 0 Å². The van der Waals surface area contributed by atoms with Crippen LogP contribution in [0.15, 0.2) is 28.0 Å². The molecule has 0 aliphatic heterocycles. The Kier molecular flexibility index (Phi) is 3.59. The van der Waals surface area contributed by atoms with Gasteiger partial charge in [-0.15, -0.1) is 22.7 Å². The number of hydrogen-bond acceptors (Lipinski definition) is 5. The van der Waals surface area contributed by atoms with E-state index in [-0.39, 0.29) is 16.7 Å². The minimum absolute atomic E-state index is 0.00717. The summed E-state index contributed by atoms with van der Waals surface area (Å²) in [7, 11) is -3.71. The average Bonchev–Trinajstić information content (AvgIpc) is 3.02. The fourth-order valence-electron chi connectivity index (χ4n) is 1.79. The van der Waals surface area contributed by atoms with E-state index in [1.165, 1.54) is 27.1 Å². The number of halogens is 1. The van der Waals surface area contributed by atoms with Crippen molar-refractivity contribution in [1.82, 2.24) is 14.1 Å². The number of fused-ring (bicyclic) bond motifs is 1. The number of thiophene rings is 1. The van der Waals surface area contributed by atoms with Crippen LogP contribution in [0.2, 0.25) is 5.15 Å². The maximum Gasteiger partial charge on any atom is 0.260 e. The Morgan fingerprint density at radius 1 is 1.40 bits per heavy atom. The van der Waals surface area contributed by atoms with Crippen molar-refractivity contribution in [3.8, 4) is 0 Å². The second-order valence-electron chi connectivity index (χ2n) is 4.11. The van der Waals surface area contributed by atoms with Gasteiger partial charge in [0.05, 0.1) is 0 Å². The molecule has 106 valence electrons. The number of rotatable bonds is 4. The lowest BCUT2D eigenvalue weighted by Gasteiger charge is -2.05. The van der Waals surface area contributed by atoms with E-state index in [0.29, 0.717) is 4.96 Å².